The predicted octanol–water partition coefficient (Wildman–Crippen LogP) is 7.55. The summed E-state index contributed by atoms with van der Waals surface area (Å²) in [6.07, 6.45) is 0.961. The van der Waals surface area contributed by atoms with Gasteiger partial charge in [0.1, 0.15) is 28.9 Å². The molecule has 0 saturated carbocycles. The van der Waals surface area contributed by atoms with Crippen LogP contribution in [0.4, 0.5) is 22.0 Å². The van der Waals surface area contributed by atoms with Crippen LogP contribution in [-0.4, -0.2) is 78.1 Å². The molecule has 3 saturated heterocycles. The van der Waals surface area contributed by atoms with Gasteiger partial charge < -0.3 is 9.47 Å². The molecule has 278 valence electrons. The molecule has 7 rings (SSSR count). The molecular weight excluding hydrogens is 725 g/mol. The number of alkyl halides is 3. The van der Waals surface area contributed by atoms with Gasteiger partial charge in [0, 0.05) is 31.2 Å². The van der Waals surface area contributed by atoms with Gasteiger partial charge in [-0.15, -0.1) is 0 Å². The Balaban J connectivity index is 1.07. The van der Waals surface area contributed by atoms with Crippen molar-refractivity contribution in [3.8, 4) is 0 Å². The Bertz CT molecular complexity index is 2090. The molecule has 3 atom stereocenters. The highest BCUT2D eigenvalue weighted by atomic mass is 35.5. The third-order valence-corrected chi connectivity index (χ3v) is 13.2. The summed E-state index contributed by atoms with van der Waals surface area (Å²) in [4.78, 5) is 21.6. The minimum absolute atomic E-state index is 0.174. The molecule has 3 fully saturated rings. The van der Waals surface area contributed by atoms with Gasteiger partial charge in [-0.05, 0) is 106 Å². The van der Waals surface area contributed by atoms with Gasteiger partial charge in [-0.3, -0.25) is 9.69 Å². The molecule has 1 aromatic heterocycles. The van der Waals surface area contributed by atoms with Crippen LogP contribution in [-0.2, 0) is 15.4 Å². The number of carbonyl (C=O) groups excluding carboxylic acids is 1. The normalized spacial score (nSPS) is 22.3. The van der Waals surface area contributed by atoms with Gasteiger partial charge in [-0.1, -0.05) is 35.9 Å². The summed E-state index contributed by atoms with van der Waals surface area (Å²) >= 11 is 5.93. The second kappa shape index (κ2) is 14.0. The zero-order valence-electron chi connectivity index (χ0n) is 28.5. The lowest BCUT2D eigenvalue weighted by Gasteiger charge is -2.45. The molecule has 8 nitrogen and oxygen atoms in total. The van der Waals surface area contributed by atoms with Crippen LogP contribution in [0.1, 0.15) is 72.7 Å². The molecule has 52 heavy (non-hydrogen) atoms. The molecule has 4 aromatic rings. The smallest absolute Gasteiger partial charge is 0.338 e. The number of imidazole rings is 1. The van der Waals surface area contributed by atoms with Gasteiger partial charge in [0.05, 0.1) is 21.6 Å². The fourth-order valence-electron chi connectivity index (χ4n) is 8.75. The van der Waals surface area contributed by atoms with Crippen molar-refractivity contribution in [1.29, 1.82) is 0 Å². The molecule has 0 aliphatic carbocycles. The molecule has 2 bridgehead atoms. The van der Waals surface area contributed by atoms with Gasteiger partial charge >= 0.3 is 6.18 Å². The van der Waals surface area contributed by atoms with E-state index in [2.05, 4.69) is 22.5 Å². The number of nitrogens with zero attached hydrogens (tertiary/aromatic N) is 4. The maximum Gasteiger partial charge on any atom is 0.402 e. The summed E-state index contributed by atoms with van der Waals surface area (Å²) in [5, 5.41) is -0.654. The highest BCUT2D eigenvalue weighted by Crippen LogP contribution is 2.45. The average molecular weight is 764 g/mol. The average Bonchev–Trinajstić information content (AvgIpc) is 3.56. The van der Waals surface area contributed by atoms with E-state index >= 15 is 4.39 Å². The fraction of sp³-hybridized carbons (Fsp3) is 0.459. The molecule has 1 amide bonds. The lowest BCUT2D eigenvalue weighted by molar-refractivity contribution is -0.121. The number of hydrogen-bond donors (Lipinski definition) is 1. The summed E-state index contributed by atoms with van der Waals surface area (Å²) in [5.41, 5.74) is 1.87. The molecule has 3 aliphatic rings. The zero-order valence-corrected chi connectivity index (χ0v) is 30.0. The van der Waals surface area contributed by atoms with E-state index < -0.39 is 55.4 Å². The largest absolute Gasteiger partial charge is 0.402 e. The van der Waals surface area contributed by atoms with E-state index in [9.17, 15) is 30.8 Å². The van der Waals surface area contributed by atoms with Gasteiger partial charge in [-0.2, -0.15) is 13.2 Å². The number of hydrogen-bond acceptors (Lipinski definition) is 5. The van der Waals surface area contributed by atoms with Crippen molar-refractivity contribution in [2.24, 2.45) is 0 Å². The van der Waals surface area contributed by atoms with E-state index in [1.54, 1.807) is 6.07 Å². The number of fused-ring (bicyclic) bond motifs is 3. The van der Waals surface area contributed by atoms with Crippen LogP contribution in [0.3, 0.4) is 0 Å². The molecule has 1 unspecified atom stereocenters. The van der Waals surface area contributed by atoms with E-state index in [1.807, 2.05) is 24.3 Å². The Morgan fingerprint density at radius 2 is 1.67 bits per heavy atom. The number of likely N-dealkylation sites (tertiary alicyclic amines) is 1. The van der Waals surface area contributed by atoms with Crippen molar-refractivity contribution < 1.29 is 35.2 Å². The molecule has 15 heteroatoms. The molecule has 1 N–H and O–H groups in total. The van der Waals surface area contributed by atoms with Crippen molar-refractivity contribution in [2.75, 3.05) is 26.2 Å². The third-order valence-electron chi connectivity index (χ3n) is 11.3. The van der Waals surface area contributed by atoms with Gasteiger partial charge in [0.15, 0.2) is 0 Å². The number of amides is 1. The van der Waals surface area contributed by atoms with Crippen molar-refractivity contribution in [3.05, 3.63) is 94.3 Å². The first-order chi connectivity index (χ1) is 24.6. The van der Waals surface area contributed by atoms with Crippen molar-refractivity contribution in [2.45, 2.75) is 86.5 Å². The highest BCUT2D eigenvalue weighted by molar-refractivity contribution is 7.89. The van der Waals surface area contributed by atoms with E-state index in [0.29, 0.717) is 49.5 Å². The Morgan fingerprint density at radius 3 is 2.35 bits per heavy atom. The number of benzene rings is 3. The minimum Gasteiger partial charge on any atom is -0.338 e. The SMILES string of the molecule is Cc1nc2ccccc2n1C1C[C@H]2CC[C@@H](C1)N2CCC1(c2cccc(F)c2)CCN(C(=O)c2cc(S(=O)(=O)NCC(F)(F)F)c(Cl)cc2F)CC1. The number of nitrogens with one attached hydrogen (secondary N) is 1. The van der Waals surface area contributed by atoms with E-state index in [1.165, 1.54) is 21.8 Å². The summed E-state index contributed by atoms with van der Waals surface area (Å²) in [6.45, 7) is 1.34. The summed E-state index contributed by atoms with van der Waals surface area (Å²) in [7, 11) is -4.82. The molecule has 3 aliphatic heterocycles. The first kappa shape index (κ1) is 36.8. The van der Waals surface area contributed by atoms with Crippen LogP contribution in [0.15, 0.2) is 65.6 Å². The van der Waals surface area contributed by atoms with Gasteiger partial charge in [0.25, 0.3) is 5.91 Å². The number of aromatic nitrogens is 2. The number of carbonyl (C=O) groups is 1. The third kappa shape index (κ3) is 7.19. The molecule has 0 spiro atoms. The highest BCUT2D eigenvalue weighted by Gasteiger charge is 2.44. The maximum absolute atomic E-state index is 15.1. The number of aryl methyl sites for hydroxylation is 1. The minimum atomic E-state index is -4.84. The Morgan fingerprint density at radius 1 is 0.981 bits per heavy atom. The van der Waals surface area contributed by atoms with Crippen LogP contribution in [0.25, 0.3) is 11.0 Å². The topological polar surface area (TPSA) is 87.5 Å². The van der Waals surface area contributed by atoms with E-state index in [0.717, 1.165) is 54.6 Å². The van der Waals surface area contributed by atoms with E-state index in [-0.39, 0.29) is 18.9 Å². The Hall–Kier alpha value is -3.59. The number of halogens is 6. The summed E-state index contributed by atoms with van der Waals surface area (Å²) in [6, 6.07) is 17.1. The van der Waals surface area contributed by atoms with Crippen molar-refractivity contribution in [3.63, 3.8) is 0 Å². The van der Waals surface area contributed by atoms with E-state index in [4.69, 9.17) is 16.6 Å². The van der Waals surface area contributed by atoms with Crippen LogP contribution in [0.2, 0.25) is 5.02 Å². The zero-order chi connectivity index (χ0) is 37.0. The lowest BCUT2D eigenvalue weighted by atomic mass is 9.70. The first-order valence-corrected chi connectivity index (χ1v) is 19.3. The maximum atomic E-state index is 15.1. The van der Waals surface area contributed by atoms with Crippen LogP contribution < -0.4 is 4.72 Å². The van der Waals surface area contributed by atoms with Gasteiger partial charge in [-0.25, -0.2) is 26.9 Å². The second-order valence-corrected chi connectivity index (χ2v) is 16.4. The quantitative estimate of drug-likeness (QED) is 0.178. The number of rotatable bonds is 9. The number of piperidine rings is 2. The fourth-order valence-corrected chi connectivity index (χ4v) is 10.3. The van der Waals surface area contributed by atoms with Gasteiger partial charge in [0.2, 0.25) is 10.0 Å². The van der Waals surface area contributed by atoms with Crippen LogP contribution >= 0.6 is 11.6 Å². The standard InChI is InChI=1S/C37H39ClF5N5O3S/c1-23-45-32-7-2-3-8-33(32)48(23)28-18-26-9-10-27(19-28)47(26)16-13-36(24-5-4-6-25(39)17-24)11-14-46(15-12-36)35(49)29-20-34(30(38)21-31(29)40)52(50,51)44-22-37(41,42)43/h2-8,17,20-21,26-28,44H,9-16,18-19,22H2,1H3/t26-,27+,28?. The molecular formula is C37H39ClF5N5O3S. The van der Waals surface area contributed by atoms with Crippen LogP contribution in [0.5, 0.6) is 0 Å². The summed E-state index contributed by atoms with van der Waals surface area (Å²) < 4.78 is 97.1. The lowest BCUT2D eigenvalue weighted by Crippen LogP contribution is -2.49. The Labute approximate surface area is 304 Å². The molecule has 4 heterocycles. The molecule has 3 aromatic carbocycles. The summed E-state index contributed by atoms with van der Waals surface area (Å²) in [5.74, 6) is -1.25. The monoisotopic (exact) mass is 763 g/mol. The second-order valence-electron chi connectivity index (χ2n) is 14.3. The predicted molar refractivity (Wildman–Crippen MR) is 187 cm³/mol. The van der Waals surface area contributed by atoms with Crippen molar-refractivity contribution in [1.82, 2.24) is 24.1 Å². The first-order valence-electron chi connectivity index (χ1n) is 17.4. The van der Waals surface area contributed by atoms with Crippen LogP contribution in [0, 0.1) is 18.6 Å². The van der Waals surface area contributed by atoms with Crippen molar-refractivity contribution >= 4 is 38.6 Å². The number of para-hydroxylation sites is 2. The Kier molecular flexibility index (Phi) is 9.89. The number of sulfonamides is 1. The molecule has 0 radical (unpaired) electrons.